The molecule has 2 atom stereocenters. The normalized spacial score (nSPS) is 28.4. The minimum Gasteiger partial charge on any atom is -0.392 e. The lowest BCUT2D eigenvalue weighted by Crippen LogP contribution is -2.47. The van der Waals surface area contributed by atoms with E-state index in [1.807, 2.05) is 0 Å². The highest BCUT2D eigenvalue weighted by molar-refractivity contribution is 5.78. The first-order valence-corrected chi connectivity index (χ1v) is 7.19. The van der Waals surface area contributed by atoms with Gasteiger partial charge in [0.05, 0.1) is 12.6 Å². The fourth-order valence-electron chi connectivity index (χ4n) is 2.59. The zero-order valence-corrected chi connectivity index (χ0v) is 12.0. The Kier molecular flexibility index (Phi) is 6.09. The summed E-state index contributed by atoms with van der Waals surface area (Å²) in [7, 11) is 0. The maximum Gasteiger partial charge on any atom is 0.234 e. The van der Waals surface area contributed by atoms with Crippen LogP contribution in [0.15, 0.2) is 0 Å². The van der Waals surface area contributed by atoms with E-state index in [9.17, 15) is 9.90 Å². The van der Waals surface area contributed by atoms with Crippen LogP contribution >= 0.6 is 0 Å². The van der Waals surface area contributed by atoms with Crippen molar-refractivity contribution >= 4 is 5.91 Å². The van der Waals surface area contributed by atoms with E-state index in [4.69, 9.17) is 0 Å². The SMILES string of the molecule is CCN(CC)CC(=O)NCC1(C)CCCCC1O. The number of aliphatic hydroxyl groups is 1. The molecule has 0 aromatic heterocycles. The third-order valence-corrected chi connectivity index (χ3v) is 4.23. The standard InChI is InChI=1S/C14H28N2O2/c1-4-16(5-2)10-13(18)15-11-14(3)9-7-6-8-12(14)17/h12,17H,4-11H2,1-3H3,(H,15,18). The number of hydrogen-bond acceptors (Lipinski definition) is 3. The summed E-state index contributed by atoms with van der Waals surface area (Å²) in [6.45, 7) is 9.03. The van der Waals surface area contributed by atoms with Crippen molar-refractivity contribution in [3.63, 3.8) is 0 Å². The van der Waals surface area contributed by atoms with E-state index in [0.717, 1.165) is 38.8 Å². The molecule has 0 aromatic rings. The van der Waals surface area contributed by atoms with Crippen LogP contribution in [0.5, 0.6) is 0 Å². The summed E-state index contributed by atoms with van der Waals surface area (Å²) in [5.41, 5.74) is -0.142. The Balaban J connectivity index is 2.37. The maximum atomic E-state index is 11.8. The molecule has 1 aliphatic rings. The van der Waals surface area contributed by atoms with Gasteiger partial charge in [-0.1, -0.05) is 33.6 Å². The second-order valence-corrected chi connectivity index (χ2v) is 5.65. The molecule has 0 bridgehead atoms. The smallest absolute Gasteiger partial charge is 0.234 e. The van der Waals surface area contributed by atoms with E-state index >= 15 is 0 Å². The average Bonchev–Trinajstić information content (AvgIpc) is 2.37. The number of aliphatic hydroxyl groups excluding tert-OH is 1. The molecule has 18 heavy (non-hydrogen) atoms. The van der Waals surface area contributed by atoms with Gasteiger partial charge in [-0.05, 0) is 25.9 Å². The van der Waals surface area contributed by atoms with Gasteiger partial charge in [-0.15, -0.1) is 0 Å². The maximum absolute atomic E-state index is 11.8. The van der Waals surface area contributed by atoms with Crippen LogP contribution in [-0.4, -0.2) is 48.2 Å². The number of nitrogens with one attached hydrogen (secondary N) is 1. The van der Waals surface area contributed by atoms with E-state index in [0.29, 0.717) is 13.1 Å². The molecule has 1 saturated carbocycles. The monoisotopic (exact) mass is 256 g/mol. The number of amides is 1. The van der Waals surface area contributed by atoms with Gasteiger partial charge in [-0.3, -0.25) is 9.69 Å². The molecule has 0 saturated heterocycles. The molecule has 1 rings (SSSR count). The third kappa shape index (κ3) is 4.25. The lowest BCUT2D eigenvalue weighted by molar-refractivity contribution is -0.123. The van der Waals surface area contributed by atoms with Crippen LogP contribution in [0.3, 0.4) is 0 Å². The molecule has 0 spiro atoms. The van der Waals surface area contributed by atoms with Gasteiger partial charge < -0.3 is 10.4 Å². The Bertz CT molecular complexity index is 267. The highest BCUT2D eigenvalue weighted by Crippen LogP contribution is 2.35. The number of likely N-dealkylation sites (N-methyl/N-ethyl adjacent to an activating group) is 1. The number of carbonyl (C=O) groups excluding carboxylic acids is 1. The van der Waals surface area contributed by atoms with Gasteiger partial charge in [-0.25, -0.2) is 0 Å². The summed E-state index contributed by atoms with van der Waals surface area (Å²) in [6, 6.07) is 0. The second-order valence-electron chi connectivity index (χ2n) is 5.65. The largest absolute Gasteiger partial charge is 0.392 e. The average molecular weight is 256 g/mol. The summed E-state index contributed by atoms with van der Waals surface area (Å²) in [4.78, 5) is 13.9. The minimum atomic E-state index is -0.278. The molecule has 2 unspecified atom stereocenters. The van der Waals surface area contributed by atoms with Crippen molar-refractivity contribution in [3.8, 4) is 0 Å². The molecule has 4 nitrogen and oxygen atoms in total. The zero-order valence-electron chi connectivity index (χ0n) is 12.0. The van der Waals surface area contributed by atoms with Crippen molar-refractivity contribution in [1.82, 2.24) is 10.2 Å². The Morgan fingerprint density at radius 1 is 1.39 bits per heavy atom. The third-order valence-electron chi connectivity index (χ3n) is 4.23. The summed E-state index contributed by atoms with van der Waals surface area (Å²) in [6.07, 6.45) is 3.84. The van der Waals surface area contributed by atoms with Crippen LogP contribution in [0.1, 0.15) is 46.5 Å². The van der Waals surface area contributed by atoms with Crippen molar-refractivity contribution in [3.05, 3.63) is 0 Å². The molecular formula is C14H28N2O2. The van der Waals surface area contributed by atoms with Crippen LogP contribution < -0.4 is 5.32 Å². The molecule has 0 heterocycles. The topological polar surface area (TPSA) is 52.6 Å². The number of nitrogens with zero attached hydrogens (tertiary/aromatic N) is 1. The first kappa shape index (κ1) is 15.4. The molecule has 1 fully saturated rings. The van der Waals surface area contributed by atoms with Crippen molar-refractivity contribution in [2.45, 2.75) is 52.6 Å². The molecule has 106 valence electrons. The van der Waals surface area contributed by atoms with Crippen molar-refractivity contribution in [2.75, 3.05) is 26.2 Å². The molecular weight excluding hydrogens is 228 g/mol. The second kappa shape index (κ2) is 7.10. The molecule has 1 aliphatic carbocycles. The summed E-state index contributed by atoms with van der Waals surface area (Å²) in [5, 5.41) is 13.0. The quantitative estimate of drug-likeness (QED) is 0.755. The fraction of sp³-hybridized carbons (Fsp3) is 0.929. The van der Waals surface area contributed by atoms with Gasteiger partial charge in [0, 0.05) is 12.0 Å². The molecule has 2 N–H and O–H groups in total. The summed E-state index contributed by atoms with van der Waals surface area (Å²) < 4.78 is 0. The zero-order chi connectivity index (χ0) is 13.6. The highest BCUT2D eigenvalue weighted by Gasteiger charge is 2.35. The van der Waals surface area contributed by atoms with Crippen LogP contribution in [0, 0.1) is 5.41 Å². The lowest BCUT2D eigenvalue weighted by atomic mass is 9.73. The molecule has 1 amide bonds. The molecule has 0 radical (unpaired) electrons. The Labute approximate surface area is 111 Å². The van der Waals surface area contributed by atoms with Crippen molar-refractivity contribution < 1.29 is 9.90 Å². The summed E-state index contributed by atoms with van der Waals surface area (Å²) >= 11 is 0. The highest BCUT2D eigenvalue weighted by atomic mass is 16.3. The van der Waals surface area contributed by atoms with Gasteiger partial charge in [0.15, 0.2) is 0 Å². The molecule has 0 aliphatic heterocycles. The van der Waals surface area contributed by atoms with Crippen LogP contribution in [0.2, 0.25) is 0 Å². The predicted molar refractivity (Wildman–Crippen MR) is 73.4 cm³/mol. The van der Waals surface area contributed by atoms with E-state index in [2.05, 4.69) is 31.0 Å². The van der Waals surface area contributed by atoms with Gasteiger partial charge in [0.1, 0.15) is 0 Å². The Morgan fingerprint density at radius 2 is 2.06 bits per heavy atom. The van der Waals surface area contributed by atoms with E-state index in [1.165, 1.54) is 0 Å². The Hall–Kier alpha value is -0.610. The first-order valence-electron chi connectivity index (χ1n) is 7.19. The van der Waals surface area contributed by atoms with Gasteiger partial charge >= 0.3 is 0 Å². The van der Waals surface area contributed by atoms with Gasteiger partial charge in [0.25, 0.3) is 0 Å². The lowest BCUT2D eigenvalue weighted by Gasteiger charge is -2.38. The first-order chi connectivity index (χ1) is 8.51. The van der Waals surface area contributed by atoms with Gasteiger partial charge in [-0.2, -0.15) is 0 Å². The van der Waals surface area contributed by atoms with Gasteiger partial charge in [0.2, 0.25) is 5.91 Å². The number of rotatable bonds is 6. The Morgan fingerprint density at radius 3 is 2.61 bits per heavy atom. The van der Waals surface area contributed by atoms with E-state index < -0.39 is 0 Å². The molecule has 4 heteroatoms. The van der Waals surface area contributed by atoms with Crippen molar-refractivity contribution in [1.29, 1.82) is 0 Å². The van der Waals surface area contributed by atoms with E-state index in [1.54, 1.807) is 0 Å². The van der Waals surface area contributed by atoms with Crippen LogP contribution in [0.25, 0.3) is 0 Å². The molecule has 0 aromatic carbocycles. The minimum absolute atomic E-state index is 0.0673. The number of carbonyl (C=O) groups is 1. The van der Waals surface area contributed by atoms with Crippen LogP contribution in [0.4, 0.5) is 0 Å². The summed E-state index contributed by atoms with van der Waals surface area (Å²) in [5.74, 6) is 0.0673. The number of hydrogen-bond donors (Lipinski definition) is 2. The van der Waals surface area contributed by atoms with Crippen LogP contribution in [-0.2, 0) is 4.79 Å². The predicted octanol–water partition coefficient (Wildman–Crippen LogP) is 1.39. The van der Waals surface area contributed by atoms with Crippen molar-refractivity contribution in [2.24, 2.45) is 5.41 Å². The van der Waals surface area contributed by atoms with E-state index in [-0.39, 0.29) is 17.4 Å². The fourth-order valence-corrected chi connectivity index (χ4v) is 2.59.